The number of benzene rings is 1. The third-order valence-electron chi connectivity index (χ3n) is 3.05. The van der Waals surface area contributed by atoms with Crippen LogP contribution >= 0.6 is 11.6 Å². The average Bonchev–Trinajstić information content (AvgIpc) is 2.80. The van der Waals surface area contributed by atoms with Crippen molar-refractivity contribution >= 4 is 38.8 Å². The van der Waals surface area contributed by atoms with E-state index >= 15 is 0 Å². The Hall–Kier alpha value is -1.40. The second-order valence-electron chi connectivity index (χ2n) is 4.70. The van der Waals surface area contributed by atoms with Gasteiger partial charge in [-0.3, -0.25) is 9.59 Å². The van der Waals surface area contributed by atoms with Crippen molar-refractivity contribution in [3.05, 3.63) is 28.8 Å². The molecule has 1 N–H and O–H groups in total. The Morgan fingerprint density at radius 1 is 1.30 bits per heavy atom. The van der Waals surface area contributed by atoms with Gasteiger partial charge < -0.3 is 5.32 Å². The van der Waals surface area contributed by atoms with Crippen LogP contribution in [-0.2, 0) is 19.3 Å². The van der Waals surface area contributed by atoms with Crippen molar-refractivity contribution in [1.82, 2.24) is 0 Å². The molecule has 1 aliphatic heterocycles. The maximum absolute atomic E-state index is 12.1. The minimum absolute atomic E-state index is 0.391. The van der Waals surface area contributed by atoms with Crippen LogP contribution in [0.4, 0.5) is 5.69 Å². The van der Waals surface area contributed by atoms with Crippen LogP contribution in [0.3, 0.4) is 0 Å². The Labute approximate surface area is 122 Å². The molecule has 5 nitrogen and oxygen atoms in total. The number of anilines is 1. The molecule has 108 valence electrons. The second kappa shape index (κ2) is 5.93. The van der Waals surface area contributed by atoms with E-state index in [2.05, 4.69) is 9.68 Å². The lowest BCUT2D eigenvalue weighted by atomic mass is 10.2. The Balaban J connectivity index is 2.10. The van der Waals surface area contributed by atoms with Gasteiger partial charge in [-0.15, -0.1) is 0 Å². The number of nitrogens with one attached hydrogen (secondary N) is 1. The molecule has 1 aromatic carbocycles. The van der Waals surface area contributed by atoms with Crippen molar-refractivity contribution < 1.29 is 13.8 Å². The molecule has 20 heavy (non-hydrogen) atoms. The number of carbonyl (C=O) groups excluding carboxylic acids is 2. The summed E-state index contributed by atoms with van der Waals surface area (Å²) in [5.74, 6) is -1.10. The first-order valence-electron chi connectivity index (χ1n) is 6.24. The Morgan fingerprint density at radius 2 is 1.95 bits per heavy atom. The lowest BCUT2D eigenvalue weighted by Gasteiger charge is -2.05. The molecule has 7 heteroatoms. The van der Waals surface area contributed by atoms with E-state index < -0.39 is 21.5 Å². The van der Waals surface area contributed by atoms with Gasteiger partial charge in [0.05, 0.1) is 9.73 Å². The highest BCUT2D eigenvalue weighted by atomic mass is 35.5. The van der Waals surface area contributed by atoms with Gasteiger partial charge in [-0.25, -0.2) is 4.21 Å². The molecule has 0 bridgehead atoms. The molecule has 1 heterocycles. The van der Waals surface area contributed by atoms with Gasteiger partial charge in [0.1, 0.15) is 0 Å². The predicted molar refractivity (Wildman–Crippen MR) is 79.4 cm³/mol. The van der Waals surface area contributed by atoms with E-state index in [1.54, 1.807) is 18.2 Å². The quantitative estimate of drug-likeness (QED) is 0.809. The van der Waals surface area contributed by atoms with Crippen LogP contribution in [0.2, 0.25) is 5.02 Å². The molecule has 0 aromatic heterocycles. The number of rotatable bonds is 1. The average molecular weight is 315 g/mol. The van der Waals surface area contributed by atoms with Crippen molar-refractivity contribution in [1.29, 1.82) is 0 Å². The number of amides is 2. The SMILES string of the molecule is Cc1ccc(NC(=O)C(=O)N=S2(=O)CCCC2)cc1Cl. The maximum Gasteiger partial charge on any atom is 0.343 e. The summed E-state index contributed by atoms with van der Waals surface area (Å²) in [6.07, 6.45) is 1.57. The predicted octanol–water partition coefficient (Wildman–Crippen LogP) is 2.38. The van der Waals surface area contributed by atoms with E-state index in [9.17, 15) is 13.8 Å². The summed E-state index contributed by atoms with van der Waals surface area (Å²) in [7, 11) is -2.52. The largest absolute Gasteiger partial charge is 0.343 e. The highest BCUT2D eigenvalue weighted by molar-refractivity contribution is 7.94. The third-order valence-corrected chi connectivity index (χ3v) is 5.81. The molecule has 1 fully saturated rings. The van der Waals surface area contributed by atoms with Gasteiger partial charge in [-0.05, 0) is 37.5 Å². The van der Waals surface area contributed by atoms with Crippen molar-refractivity contribution in [3.8, 4) is 0 Å². The van der Waals surface area contributed by atoms with Gasteiger partial charge in [0.2, 0.25) is 0 Å². The highest BCUT2D eigenvalue weighted by Gasteiger charge is 2.21. The zero-order valence-electron chi connectivity index (χ0n) is 11.0. The van der Waals surface area contributed by atoms with Gasteiger partial charge >= 0.3 is 11.8 Å². The van der Waals surface area contributed by atoms with E-state index in [-0.39, 0.29) is 0 Å². The van der Waals surface area contributed by atoms with Gasteiger partial charge in [0.15, 0.2) is 0 Å². The van der Waals surface area contributed by atoms with Crippen LogP contribution in [0.5, 0.6) is 0 Å². The fraction of sp³-hybridized carbons (Fsp3) is 0.385. The van der Waals surface area contributed by atoms with Crippen LogP contribution in [0.25, 0.3) is 0 Å². The van der Waals surface area contributed by atoms with Gasteiger partial charge in [-0.1, -0.05) is 17.7 Å². The lowest BCUT2D eigenvalue weighted by molar-refractivity contribution is -0.133. The maximum atomic E-state index is 12.1. The number of hydrogen-bond donors (Lipinski definition) is 1. The van der Waals surface area contributed by atoms with Crippen LogP contribution in [0, 0.1) is 6.92 Å². The summed E-state index contributed by atoms with van der Waals surface area (Å²) >= 11 is 5.93. The summed E-state index contributed by atoms with van der Waals surface area (Å²) < 4.78 is 15.7. The number of halogens is 1. The Kier molecular flexibility index (Phi) is 4.45. The Morgan fingerprint density at radius 3 is 2.55 bits per heavy atom. The normalized spacial score (nSPS) is 16.7. The fourth-order valence-corrected chi connectivity index (χ4v) is 4.16. The van der Waals surface area contributed by atoms with Crippen LogP contribution in [0.15, 0.2) is 22.6 Å². The lowest BCUT2D eigenvalue weighted by Crippen LogP contribution is -2.22. The molecule has 0 unspecified atom stereocenters. The van der Waals surface area contributed by atoms with E-state index in [0.717, 1.165) is 18.4 Å². The van der Waals surface area contributed by atoms with Gasteiger partial charge in [0, 0.05) is 22.2 Å². The molecule has 1 aliphatic rings. The summed E-state index contributed by atoms with van der Waals surface area (Å²) in [4.78, 5) is 23.4. The molecule has 2 rings (SSSR count). The van der Waals surface area contributed by atoms with Crippen LogP contribution in [-0.4, -0.2) is 27.5 Å². The van der Waals surface area contributed by atoms with Crippen LogP contribution in [0.1, 0.15) is 18.4 Å². The molecule has 1 aromatic rings. The first-order chi connectivity index (χ1) is 9.39. The molecule has 0 atom stereocenters. The number of carbonyl (C=O) groups is 2. The van der Waals surface area contributed by atoms with Gasteiger partial charge in [0.25, 0.3) is 0 Å². The number of hydrogen-bond acceptors (Lipinski definition) is 3. The van der Waals surface area contributed by atoms with E-state index in [1.807, 2.05) is 6.92 Å². The second-order valence-corrected chi connectivity index (χ2v) is 7.65. The molecule has 0 radical (unpaired) electrons. The van der Waals surface area contributed by atoms with Crippen LogP contribution < -0.4 is 5.32 Å². The Bertz CT molecular complexity index is 666. The fourth-order valence-electron chi connectivity index (χ4n) is 1.90. The van der Waals surface area contributed by atoms with E-state index in [0.29, 0.717) is 22.2 Å². The molecule has 1 saturated heterocycles. The topological polar surface area (TPSA) is 75.6 Å². The summed E-state index contributed by atoms with van der Waals surface area (Å²) in [6, 6.07) is 4.93. The van der Waals surface area contributed by atoms with Crippen molar-refractivity contribution in [2.24, 2.45) is 4.36 Å². The standard InChI is InChI=1S/C13H15ClN2O3S/c1-9-4-5-10(8-11(9)14)15-12(17)13(18)16-20(19)6-2-3-7-20/h4-5,8H,2-3,6-7H2,1H3,(H,15,17). The molecule has 0 spiro atoms. The number of aryl methyl sites for hydroxylation is 1. The molecular weight excluding hydrogens is 300 g/mol. The molecule has 0 aliphatic carbocycles. The summed E-state index contributed by atoms with van der Waals surface area (Å²) in [5, 5.41) is 2.90. The minimum atomic E-state index is -2.52. The minimum Gasteiger partial charge on any atom is -0.318 e. The summed E-state index contributed by atoms with van der Waals surface area (Å²) in [6.45, 7) is 1.83. The van der Waals surface area contributed by atoms with Crippen molar-refractivity contribution in [3.63, 3.8) is 0 Å². The third kappa shape index (κ3) is 3.58. The first kappa shape index (κ1) is 15.0. The van der Waals surface area contributed by atoms with E-state index in [1.165, 1.54) is 0 Å². The zero-order chi connectivity index (χ0) is 14.8. The van der Waals surface area contributed by atoms with Crippen molar-refractivity contribution in [2.75, 3.05) is 16.8 Å². The first-order valence-corrected chi connectivity index (χ1v) is 8.47. The molecule has 2 amide bonds. The van der Waals surface area contributed by atoms with Gasteiger partial charge in [-0.2, -0.15) is 4.36 Å². The number of nitrogens with zero attached hydrogens (tertiary/aromatic N) is 1. The van der Waals surface area contributed by atoms with E-state index in [4.69, 9.17) is 11.6 Å². The zero-order valence-corrected chi connectivity index (χ0v) is 12.6. The summed E-state index contributed by atoms with van der Waals surface area (Å²) in [5.41, 5.74) is 1.28. The van der Waals surface area contributed by atoms with Crippen molar-refractivity contribution in [2.45, 2.75) is 19.8 Å². The highest BCUT2D eigenvalue weighted by Crippen LogP contribution is 2.20. The molecular formula is C13H15ClN2O3S. The molecule has 0 saturated carbocycles. The monoisotopic (exact) mass is 314 g/mol. The smallest absolute Gasteiger partial charge is 0.318 e.